The molecule has 2 aromatic rings. The van der Waals surface area contributed by atoms with Crippen molar-refractivity contribution in [1.29, 1.82) is 0 Å². The third-order valence-corrected chi connectivity index (χ3v) is 4.35. The normalized spacial score (nSPS) is 10.5. The minimum Gasteiger partial charge on any atom is -0.484 e. The van der Waals surface area contributed by atoms with Crippen LogP contribution in [0.3, 0.4) is 0 Å². The third-order valence-electron chi connectivity index (χ3n) is 2.21. The molecule has 0 saturated carbocycles. The molecule has 0 bridgehead atoms. The van der Waals surface area contributed by atoms with Gasteiger partial charge in [0, 0.05) is 6.07 Å². The molecule has 19 heavy (non-hydrogen) atoms. The topological polar surface area (TPSA) is 26.3 Å². The smallest absolute Gasteiger partial charge is 0.202 e. The summed E-state index contributed by atoms with van der Waals surface area (Å²) in [5, 5.41) is 0. The summed E-state index contributed by atoms with van der Waals surface area (Å²) in [5.74, 6) is -0.502. The van der Waals surface area contributed by atoms with E-state index in [0.717, 1.165) is 11.3 Å². The van der Waals surface area contributed by atoms with E-state index in [1.54, 1.807) is 0 Å². The number of halogens is 4. The van der Waals surface area contributed by atoms with E-state index in [-0.39, 0.29) is 18.1 Å². The second-order valence-corrected chi connectivity index (χ2v) is 6.66. The maximum Gasteiger partial charge on any atom is 0.202 e. The van der Waals surface area contributed by atoms with Gasteiger partial charge in [0.05, 0.1) is 14.4 Å². The van der Waals surface area contributed by atoms with Crippen LogP contribution in [0.25, 0.3) is 0 Å². The predicted octanol–water partition coefficient (Wildman–Crippen LogP) is 5.22. The standard InChI is InChI=1S/C12H6BrCl2FO2S/c13-8-2-1-6(16)3-10(8)18-5-9(17)7-4-11(14)19-12(7)15/h1-4H,5H2. The molecule has 0 spiro atoms. The maximum absolute atomic E-state index is 13.0. The van der Waals surface area contributed by atoms with Crippen LogP contribution in [-0.4, -0.2) is 12.4 Å². The van der Waals surface area contributed by atoms with Crippen LogP contribution in [-0.2, 0) is 0 Å². The van der Waals surface area contributed by atoms with Gasteiger partial charge in [0.15, 0.2) is 6.61 Å². The third kappa shape index (κ3) is 3.69. The number of hydrogen-bond donors (Lipinski definition) is 0. The molecule has 0 fully saturated rings. The van der Waals surface area contributed by atoms with Crippen LogP contribution in [0.2, 0.25) is 8.67 Å². The first-order valence-corrected chi connectivity index (χ1v) is 7.40. The molecule has 0 radical (unpaired) electrons. The van der Waals surface area contributed by atoms with E-state index in [4.69, 9.17) is 27.9 Å². The van der Waals surface area contributed by atoms with E-state index in [0.29, 0.717) is 18.7 Å². The van der Waals surface area contributed by atoms with E-state index >= 15 is 0 Å². The monoisotopic (exact) mass is 382 g/mol. The maximum atomic E-state index is 13.0. The largest absolute Gasteiger partial charge is 0.484 e. The SMILES string of the molecule is O=C(COc1cc(F)ccc1Br)c1cc(Cl)sc1Cl. The molecule has 1 aromatic carbocycles. The number of carbonyl (C=O) groups excluding carboxylic acids is 1. The van der Waals surface area contributed by atoms with Gasteiger partial charge in [-0.25, -0.2) is 4.39 Å². The molecule has 100 valence electrons. The number of rotatable bonds is 4. The Hall–Kier alpha value is -0.620. The number of benzene rings is 1. The Balaban J connectivity index is 2.08. The fourth-order valence-electron chi connectivity index (χ4n) is 1.34. The molecule has 0 aliphatic heterocycles. The molecule has 0 saturated heterocycles. The van der Waals surface area contributed by atoms with Gasteiger partial charge in [-0.2, -0.15) is 0 Å². The molecule has 0 aliphatic carbocycles. The van der Waals surface area contributed by atoms with Gasteiger partial charge < -0.3 is 4.74 Å². The Kier molecular flexibility index (Phi) is 4.84. The molecular weight excluding hydrogens is 378 g/mol. The molecule has 1 aromatic heterocycles. The molecule has 0 atom stereocenters. The summed E-state index contributed by atoms with van der Waals surface area (Å²) in [4.78, 5) is 11.9. The van der Waals surface area contributed by atoms with Crippen LogP contribution in [0, 0.1) is 5.82 Å². The van der Waals surface area contributed by atoms with Gasteiger partial charge in [0.1, 0.15) is 15.9 Å². The van der Waals surface area contributed by atoms with Crippen LogP contribution in [0.15, 0.2) is 28.7 Å². The van der Waals surface area contributed by atoms with Crippen molar-refractivity contribution in [2.45, 2.75) is 0 Å². The van der Waals surface area contributed by atoms with Crippen molar-refractivity contribution in [3.8, 4) is 5.75 Å². The van der Waals surface area contributed by atoms with E-state index in [2.05, 4.69) is 15.9 Å². The molecule has 2 nitrogen and oxygen atoms in total. The minimum atomic E-state index is -0.442. The van der Waals surface area contributed by atoms with Gasteiger partial charge in [0.25, 0.3) is 0 Å². The molecule has 7 heteroatoms. The van der Waals surface area contributed by atoms with Crippen LogP contribution >= 0.6 is 50.5 Å². The van der Waals surface area contributed by atoms with Crippen molar-refractivity contribution in [3.05, 3.63) is 48.8 Å². The number of hydrogen-bond acceptors (Lipinski definition) is 3. The summed E-state index contributed by atoms with van der Waals surface area (Å²) < 4.78 is 19.6. The lowest BCUT2D eigenvalue weighted by atomic mass is 10.2. The molecule has 0 unspecified atom stereocenters. The number of thiophene rings is 1. The molecular formula is C12H6BrCl2FO2S. The summed E-state index contributed by atoms with van der Waals surface area (Å²) in [7, 11) is 0. The Morgan fingerprint density at radius 1 is 1.37 bits per heavy atom. The highest BCUT2D eigenvalue weighted by Gasteiger charge is 2.15. The van der Waals surface area contributed by atoms with Crippen molar-refractivity contribution >= 4 is 56.3 Å². The first-order valence-electron chi connectivity index (χ1n) is 5.03. The van der Waals surface area contributed by atoms with Crippen LogP contribution in [0.1, 0.15) is 10.4 Å². The average Bonchev–Trinajstić information content (AvgIpc) is 2.69. The Morgan fingerprint density at radius 3 is 2.74 bits per heavy atom. The Morgan fingerprint density at radius 2 is 2.11 bits per heavy atom. The molecule has 2 rings (SSSR count). The zero-order valence-corrected chi connectivity index (χ0v) is 13.2. The summed E-state index contributed by atoms with van der Waals surface area (Å²) >= 11 is 15.9. The van der Waals surface area contributed by atoms with Crippen molar-refractivity contribution < 1.29 is 13.9 Å². The fourth-order valence-corrected chi connectivity index (χ4v) is 3.20. The summed E-state index contributed by atoms with van der Waals surface area (Å²) in [6.45, 7) is -0.241. The zero-order valence-electron chi connectivity index (χ0n) is 9.25. The van der Waals surface area contributed by atoms with Gasteiger partial charge >= 0.3 is 0 Å². The highest BCUT2D eigenvalue weighted by molar-refractivity contribution is 9.10. The lowest BCUT2D eigenvalue weighted by molar-refractivity contribution is 0.0921. The van der Waals surface area contributed by atoms with E-state index in [1.165, 1.54) is 24.3 Å². The Labute approximate surface area is 131 Å². The number of carbonyl (C=O) groups is 1. The van der Waals surface area contributed by atoms with Crippen molar-refractivity contribution in [1.82, 2.24) is 0 Å². The van der Waals surface area contributed by atoms with Gasteiger partial charge in [-0.05, 0) is 34.1 Å². The Bertz CT molecular complexity index is 630. The first kappa shape index (κ1) is 14.8. The zero-order chi connectivity index (χ0) is 14.0. The quantitative estimate of drug-likeness (QED) is 0.676. The minimum absolute atomic E-state index is 0.241. The van der Waals surface area contributed by atoms with Crippen molar-refractivity contribution in [2.24, 2.45) is 0 Å². The summed E-state index contributed by atoms with van der Waals surface area (Å²) in [6, 6.07) is 5.47. The number of ether oxygens (including phenoxy) is 1. The number of Topliss-reactive ketones (excluding diaryl/α,β-unsaturated/α-hetero) is 1. The van der Waals surface area contributed by atoms with Gasteiger partial charge in [-0.3, -0.25) is 4.79 Å². The molecule has 0 amide bonds. The lowest BCUT2D eigenvalue weighted by Gasteiger charge is -2.07. The summed E-state index contributed by atoms with van der Waals surface area (Å²) in [5.41, 5.74) is 0.309. The first-order chi connectivity index (χ1) is 8.97. The van der Waals surface area contributed by atoms with E-state index in [1.807, 2.05) is 0 Å². The highest BCUT2D eigenvalue weighted by Crippen LogP contribution is 2.32. The second-order valence-electron chi connectivity index (χ2n) is 3.52. The molecule has 0 aliphatic rings. The molecule has 1 heterocycles. The molecule has 0 N–H and O–H groups in total. The van der Waals surface area contributed by atoms with E-state index in [9.17, 15) is 9.18 Å². The van der Waals surface area contributed by atoms with Gasteiger partial charge in [-0.1, -0.05) is 23.2 Å². The van der Waals surface area contributed by atoms with Crippen molar-refractivity contribution in [2.75, 3.05) is 6.61 Å². The van der Waals surface area contributed by atoms with Crippen LogP contribution in [0.4, 0.5) is 4.39 Å². The predicted molar refractivity (Wildman–Crippen MR) is 78.3 cm³/mol. The van der Waals surface area contributed by atoms with Crippen molar-refractivity contribution in [3.63, 3.8) is 0 Å². The van der Waals surface area contributed by atoms with Gasteiger partial charge in [0.2, 0.25) is 5.78 Å². The second kappa shape index (κ2) is 6.22. The highest BCUT2D eigenvalue weighted by atomic mass is 79.9. The fraction of sp³-hybridized carbons (Fsp3) is 0.0833. The van der Waals surface area contributed by atoms with E-state index < -0.39 is 5.82 Å². The summed E-state index contributed by atoms with van der Waals surface area (Å²) in [6.07, 6.45) is 0. The number of ketones is 1. The van der Waals surface area contributed by atoms with Gasteiger partial charge in [-0.15, -0.1) is 11.3 Å². The average molecular weight is 384 g/mol. The van der Waals surface area contributed by atoms with Crippen LogP contribution in [0.5, 0.6) is 5.75 Å². The van der Waals surface area contributed by atoms with Crippen LogP contribution < -0.4 is 4.74 Å². The lowest BCUT2D eigenvalue weighted by Crippen LogP contribution is -2.11.